The first kappa shape index (κ1) is 14.9. The summed E-state index contributed by atoms with van der Waals surface area (Å²) in [5.74, 6) is 0.0749. The van der Waals surface area contributed by atoms with Crippen molar-refractivity contribution in [3.63, 3.8) is 0 Å². The number of carbonyl (C=O) groups is 1. The molecule has 1 N–H and O–H groups in total. The molecule has 0 saturated heterocycles. The van der Waals surface area contributed by atoms with Gasteiger partial charge in [-0.3, -0.25) is 4.79 Å². The molecule has 110 valence electrons. The van der Waals surface area contributed by atoms with Crippen LogP contribution in [0, 0.1) is 0 Å². The van der Waals surface area contributed by atoms with E-state index in [-0.39, 0.29) is 11.6 Å². The summed E-state index contributed by atoms with van der Waals surface area (Å²) in [6.45, 7) is 4.40. The fraction of sp³-hybridized carbons (Fsp3) is 0.588. The lowest BCUT2D eigenvalue weighted by molar-refractivity contribution is 0.0864. The van der Waals surface area contributed by atoms with Gasteiger partial charge in [-0.05, 0) is 37.8 Å². The van der Waals surface area contributed by atoms with Crippen LogP contribution in [0.4, 0.5) is 5.69 Å². The van der Waals surface area contributed by atoms with E-state index in [0.29, 0.717) is 0 Å². The largest absolute Gasteiger partial charge is 0.351 e. The number of hydrogen-bond acceptors (Lipinski definition) is 2. The van der Waals surface area contributed by atoms with Crippen LogP contribution in [0.15, 0.2) is 24.3 Å². The first-order valence-corrected chi connectivity index (χ1v) is 7.80. The van der Waals surface area contributed by atoms with Gasteiger partial charge < -0.3 is 10.2 Å². The van der Waals surface area contributed by atoms with E-state index in [1.807, 2.05) is 18.2 Å². The van der Waals surface area contributed by atoms with E-state index in [2.05, 4.69) is 37.2 Å². The van der Waals surface area contributed by atoms with Crippen LogP contribution in [0.2, 0.25) is 0 Å². The Morgan fingerprint density at radius 1 is 1.10 bits per heavy atom. The summed E-state index contributed by atoms with van der Waals surface area (Å²) in [6.07, 6.45) is 6.60. The number of unbranched alkanes of at least 4 members (excludes halogenated alkanes) is 2. The SMILES string of the molecule is CCCCC1(CCCC)NC(=O)c2ccccc2N1C. The Bertz CT molecular complexity index is 462. The predicted octanol–water partition coefficient (Wildman–Crippen LogP) is 3.94. The molecule has 0 saturated carbocycles. The van der Waals surface area contributed by atoms with Gasteiger partial charge in [0, 0.05) is 7.05 Å². The number of nitrogens with one attached hydrogen (secondary N) is 1. The molecule has 0 fully saturated rings. The molecule has 1 heterocycles. The van der Waals surface area contributed by atoms with Gasteiger partial charge in [-0.1, -0.05) is 38.8 Å². The average Bonchev–Trinajstić information content (AvgIpc) is 2.48. The molecule has 0 bridgehead atoms. The first-order chi connectivity index (χ1) is 9.64. The number of hydrogen-bond donors (Lipinski definition) is 1. The molecular formula is C17H26N2O. The topological polar surface area (TPSA) is 32.3 Å². The Labute approximate surface area is 122 Å². The highest BCUT2D eigenvalue weighted by molar-refractivity contribution is 6.02. The molecule has 1 aliphatic rings. The van der Waals surface area contributed by atoms with Crippen molar-refractivity contribution in [1.29, 1.82) is 0 Å². The summed E-state index contributed by atoms with van der Waals surface area (Å²) in [5.41, 5.74) is 1.64. The zero-order chi connectivity index (χ0) is 14.6. The number of anilines is 1. The molecule has 1 aromatic carbocycles. The van der Waals surface area contributed by atoms with E-state index in [1.165, 1.54) is 0 Å². The fourth-order valence-corrected chi connectivity index (χ4v) is 3.08. The molecule has 1 aliphatic heterocycles. The van der Waals surface area contributed by atoms with Crippen molar-refractivity contribution in [2.24, 2.45) is 0 Å². The molecule has 0 unspecified atom stereocenters. The number of rotatable bonds is 6. The Morgan fingerprint density at radius 3 is 2.30 bits per heavy atom. The van der Waals surface area contributed by atoms with Gasteiger partial charge in [-0.2, -0.15) is 0 Å². The van der Waals surface area contributed by atoms with Crippen molar-refractivity contribution in [2.45, 2.75) is 58.0 Å². The third kappa shape index (κ3) is 2.67. The normalized spacial score (nSPS) is 16.8. The number of carbonyl (C=O) groups excluding carboxylic acids is 1. The van der Waals surface area contributed by atoms with Crippen molar-refractivity contribution in [3.8, 4) is 0 Å². The van der Waals surface area contributed by atoms with Gasteiger partial charge in [-0.15, -0.1) is 0 Å². The summed E-state index contributed by atoms with van der Waals surface area (Å²) in [4.78, 5) is 14.7. The van der Waals surface area contributed by atoms with Crippen LogP contribution >= 0.6 is 0 Å². The van der Waals surface area contributed by atoms with Crippen molar-refractivity contribution in [2.75, 3.05) is 11.9 Å². The van der Waals surface area contributed by atoms with Gasteiger partial charge in [0.1, 0.15) is 5.66 Å². The minimum absolute atomic E-state index is 0.0749. The predicted molar refractivity (Wildman–Crippen MR) is 84.1 cm³/mol. The summed E-state index contributed by atoms with van der Waals surface area (Å²) < 4.78 is 0. The molecule has 0 atom stereocenters. The molecule has 0 aliphatic carbocycles. The summed E-state index contributed by atoms with van der Waals surface area (Å²) >= 11 is 0. The van der Waals surface area contributed by atoms with E-state index in [1.54, 1.807) is 0 Å². The highest BCUT2D eigenvalue weighted by Crippen LogP contribution is 2.35. The van der Waals surface area contributed by atoms with Crippen molar-refractivity contribution in [1.82, 2.24) is 5.32 Å². The number of amides is 1. The van der Waals surface area contributed by atoms with Gasteiger partial charge in [-0.25, -0.2) is 0 Å². The molecule has 2 rings (SSSR count). The number of benzene rings is 1. The highest BCUT2D eigenvalue weighted by Gasteiger charge is 2.40. The monoisotopic (exact) mass is 274 g/mol. The molecule has 1 amide bonds. The Morgan fingerprint density at radius 2 is 1.70 bits per heavy atom. The molecule has 1 aromatic rings. The van der Waals surface area contributed by atoms with E-state index in [0.717, 1.165) is 49.8 Å². The standard InChI is InChI=1S/C17H26N2O/c1-4-6-12-17(13-7-5-2)18-16(20)14-10-8-9-11-15(14)19(17)3/h8-11H,4-7,12-13H2,1-3H3,(H,18,20). The third-order valence-electron chi connectivity index (χ3n) is 4.39. The second kappa shape index (κ2) is 6.29. The molecular weight excluding hydrogens is 248 g/mol. The maximum Gasteiger partial charge on any atom is 0.255 e. The molecule has 3 heteroatoms. The molecule has 3 nitrogen and oxygen atoms in total. The second-order valence-electron chi connectivity index (χ2n) is 5.77. The van der Waals surface area contributed by atoms with E-state index in [9.17, 15) is 4.79 Å². The smallest absolute Gasteiger partial charge is 0.255 e. The fourth-order valence-electron chi connectivity index (χ4n) is 3.08. The van der Waals surface area contributed by atoms with Crippen LogP contribution in [0.5, 0.6) is 0 Å². The Hall–Kier alpha value is -1.51. The Balaban J connectivity index is 2.35. The van der Waals surface area contributed by atoms with Gasteiger partial charge in [0.2, 0.25) is 0 Å². The summed E-state index contributed by atoms with van der Waals surface area (Å²) in [5, 5.41) is 3.29. The lowest BCUT2D eigenvalue weighted by Gasteiger charge is -2.48. The lowest BCUT2D eigenvalue weighted by Crippen LogP contribution is -2.62. The van der Waals surface area contributed by atoms with E-state index >= 15 is 0 Å². The van der Waals surface area contributed by atoms with Crippen LogP contribution in [-0.2, 0) is 0 Å². The van der Waals surface area contributed by atoms with E-state index in [4.69, 9.17) is 0 Å². The van der Waals surface area contributed by atoms with Crippen LogP contribution in [-0.4, -0.2) is 18.6 Å². The van der Waals surface area contributed by atoms with Crippen LogP contribution in [0.1, 0.15) is 62.7 Å². The molecule has 20 heavy (non-hydrogen) atoms. The maximum absolute atomic E-state index is 12.4. The zero-order valence-electron chi connectivity index (χ0n) is 12.9. The summed E-state index contributed by atoms with van der Waals surface area (Å²) in [6, 6.07) is 7.90. The van der Waals surface area contributed by atoms with Crippen LogP contribution < -0.4 is 10.2 Å². The number of para-hydroxylation sites is 1. The number of nitrogens with zero attached hydrogens (tertiary/aromatic N) is 1. The Kier molecular flexibility index (Phi) is 4.69. The molecule has 0 aromatic heterocycles. The zero-order valence-corrected chi connectivity index (χ0v) is 12.9. The number of fused-ring (bicyclic) bond motifs is 1. The highest BCUT2D eigenvalue weighted by atomic mass is 16.2. The average molecular weight is 274 g/mol. The van der Waals surface area contributed by atoms with Gasteiger partial charge in [0.05, 0.1) is 11.3 Å². The second-order valence-corrected chi connectivity index (χ2v) is 5.77. The van der Waals surface area contributed by atoms with E-state index < -0.39 is 0 Å². The van der Waals surface area contributed by atoms with Gasteiger partial charge in [0.15, 0.2) is 0 Å². The first-order valence-electron chi connectivity index (χ1n) is 7.80. The quantitative estimate of drug-likeness (QED) is 0.852. The lowest BCUT2D eigenvalue weighted by atomic mass is 9.90. The summed E-state index contributed by atoms with van der Waals surface area (Å²) in [7, 11) is 2.11. The minimum Gasteiger partial charge on any atom is -0.351 e. The minimum atomic E-state index is -0.211. The maximum atomic E-state index is 12.4. The third-order valence-corrected chi connectivity index (χ3v) is 4.39. The van der Waals surface area contributed by atoms with Crippen molar-refractivity contribution >= 4 is 11.6 Å². The molecule has 0 spiro atoms. The van der Waals surface area contributed by atoms with Gasteiger partial charge >= 0.3 is 0 Å². The van der Waals surface area contributed by atoms with Gasteiger partial charge in [0.25, 0.3) is 5.91 Å². The van der Waals surface area contributed by atoms with Crippen LogP contribution in [0.25, 0.3) is 0 Å². The van der Waals surface area contributed by atoms with Crippen LogP contribution in [0.3, 0.4) is 0 Å². The van der Waals surface area contributed by atoms with Crippen molar-refractivity contribution in [3.05, 3.63) is 29.8 Å². The van der Waals surface area contributed by atoms with Crippen molar-refractivity contribution < 1.29 is 4.79 Å². The molecule has 0 radical (unpaired) electrons.